The Bertz CT molecular complexity index is 682. The summed E-state index contributed by atoms with van der Waals surface area (Å²) in [6.07, 6.45) is 0.166. The van der Waals surface area contributed by atoms with Gasteiger partial charge in [-0.1, -0.05) is 29.8 Å². The first-order chi connectivity index (χ1) is 11.5. The van der Waals surface area contributed by atoms with Crippen LogP contribution in [0.1, 0.15) is 12.0 Å². The van der Waals surface area contributed by atoms with Crippen LogP contribution in [0.2, 0.25) is 5.02 Å². The summed E-state index contributed by atoms with van der Waals surface area (Å²) in [4.78, 5) is 11.8. The highest BCUT2D eigenvalue weighted by Gasteiger charge is 2.06. The molecule has 0 bridgehead atoms. The number of alkyl halides is 2. The number of ether oxygens (including phenoxy) is 2. The second kappa shape index (κ2) is 9.08. The summed E-state index contributed by atoms with van der Waals surface area (Å²) >= 11 is 5.83. The predicted molar refractivity (Wildman–Crippen MR) is 86.5 cm³/mol. The number of hydrogen-bond donors (Lipinski definition) is 1. The lowest BCUT2D eigenvalue weighted by molar-refractivity contribution is -0.121. The van der Waals surface area contributed by atoms with Gasteiger partial charge in [0.1, 0.15) is 11.5 Å². The molecule has 2 rings (SSSR count). The molecule has 0 fully saturated rings. The van der Waals surface area contributed by atoms with Crippen molar-refractivity contribution in [3.05, 3.63) is 59.1 Å². The number of carbonyl (C=O) groups excluding carboxylic acids is 1. The van der Waals surface area contributed by atoms with Gasteiger partial charge in [0.15, 0.2) is 0 Å². The Balaban J connectivity index is 1.73. The van der Waals surface area contributed by atoms with E-state index in [1.54, 1.807) is 36.4 Å². The molecule has 128 valence electrons. The van der Waals surface area contributed by atoms with Crippen LogP contribution in [0.25, 0.3) is 0 Å². The van der Waals surface area contributed by atoms with Crippen LogP contribution in [0.4, 0.5) is 8.78 Å². The van der Waals surface area contributed by atoms with E-state index < -0.39 is 6.61 Å². The van der Waals surface area contributed by atoms with E-state index in [1.807, 2.05) is 0 Å². The fraction of sp³-hybridized carbons (Fsp3) is 0.235. The lowest BCUT2D eigenvalue weighted by atomic mass is 10.2. The van der Waals surface area contributed by atoms with Crippen molar-refractivity contribution in [1.82, 2.24) is 5.32 Å². The van der Waals surface area contributed by atoms with Gasteiger partial charge in [0.25, 0.3) is 0 Å². The Morgan fingerprint density at radius 3 is 2.62 bits per heavy atom. The van der Waals surface area contributed by atoms with Crippen LogP contribution in [0, 0.1) is 0 Å². The van der Waals surface area contributed by atoms with Crippen molar-refractivity contribution in [3.8, 4) is 11.5 Å². The SMILES string of the molecule is O=C(CCOc1cccc(Cl)c1)NCc1cccc(OC(F)F)c1. The molecule has 1 amide bonds. The molecule has 4 nitrogen and oxygen atoms in total. The second-order valence-electron chi connectivity index (χ2n) is 4.86. The third-order valence-corrected chi connectivity index (χ3v) is 3.24. The number of nitrogens with one attached hydrogen (secondary N) is 1. The number of rotatable bonds is 8. The maximum Gasteiger partial charge on any atom is 0.387 e. The van der Waals surface area contributed by atoms with E-state index in [9.17, 15) is 13.6 Å². The van der Waals surface area contributed by atoms with Gasteiger partial charge in [0.2, 0.25) is 5.91 Å². The Morgan fingerprint density at radius 2 is 1.88 bits per heavy atom. The maximum atomic E-state index is 12.2. The van der Waals surface area contributed by atoms with Crippen molar-refractivity contribution in [2.24, 2.45) is 0 Å². The zero-order chi connectivity index (χ0) is 17.4. The molecule has 0 saturated heterocycles. The van der Waals surface area contributed by atoms with Crippen molar-refractivity contribution in [3.63, 3.8) is 0 Å². The van der Waals surface area contributed by atoms with Gasteiger partial charge in [-0.3, -0.25) is 4.79 Å². The Kier molecular flexibility index (Phi) is 6.81. The molecule has 0 atom stereocenters. The zero-order valence-corrected chi connectivity index (χ0v) is 13.4. The van der Waals surface area contributed by atoms with E-state index in [-0.39, 0.29) is 31.2 Å². The summed E-state index contributed by atoms with van der Waals surface area (Å²) in [5, 5.41) is 3.25. The molecule has 0 radical (unpaired) electrons. The largest absolute Gasteiger partial charge is 0.493 e. The summed E-state index contributed by atoms with van der Waals surface area (Å²) in [6, 6.07) is 13.1. The van der Waals surface area contributed by atoms with E-state index in [0.717, 1.165) is 0 Å². The van der Waals surface area contributed by atoms with Gasteiger partial charge in [0, 0.05) is 11.6 Å². The molecule has 0 unspecified atom stereocenters. The van der Waals surface area contributed by atoms with Crippen LogP contribution < -0.4 is 14.8 Å². The summed E-state index contributed by atoms with van der Waals surface area (Å²) in [7, 11) is 0. The fourth-order valence-electron chi connectivity index (χ4n) is 1.94. The highest BCUT2D eigenvalue weighted by Crippen LogP contribution is 2.17. The zero-order valence-electron chi connectivity index (χ0n) is 12.7. The van der Waals surface area contributed by atoms with Gasteiger partial charge in [0.05, 0.1) is 13.0 Å². The number of benzene rings is 2. The molecule has 0 spiro atoms. The van der Waals surface area contributed by atoms with Crippen molar-refractivity contribution in [2.75, 3.05) is 6.61 Å². The van der Waals surface area contributed by atoms with Gasteiger partial charge in [-0.25, -0.2) is 0 Å². The normalized spacial score (nSPS) is 10.5. The van der Waals surface area contributed by atoms with Crippen LogP contribution in [0.15, 0.2) is 48.5 Å². The molecule has 0 aliphatic rings. The maximum absolute atomic E-state index is 12.2. The van der Waals surface area contributed by atoms with Crippen molar-refractivity contribution < 1.29 is 23.0 Å². The molecule has 0 aliphatic heterocycles. The Labute approximate surface area is 143 Å². The smallest absolute Gasteiger partial charge is 0.387 e. The van der Waals surface area contributed by atoms with Crippen molar-refractivity contribution in [2.45, 2.75) is 19.6 Å². The van der Waals surface area contributed by atoms with Gasteiger partial charge < -0.3 is 14.8 Å². The monoisotopic (exact) mass is 355 g/mol. The Hall–Kier alpha value is -2.34. The number of amides is 1. The molecule has 0 aliphatic carbocycles. The summed E-state index contributed by atoms with van der Waals surface area (Å²) in [6.45, 7) is -2.45. The first kappa shape index (κ1) is 18.0. The van der Waals surface area contributed by atoms with E-state index in [0.29, 0.717) is 16.3 Å². The number of carbonyl (C=O) groups is 1. The van der Waals surface area contributed by atoms with E-state index >= 15 is 0 Å². The minimum absolute atomic E-state index is 0.0565. The Morgan fingerprint density at radius 1 is 1.12 bits per heavy atom. The molecule has 2 aromatic carbocycles. The van der Waals surface area contributed by atoms with Crippen molar-refractivity contribution >= 4 is 17.5 Å². The molecule has 24 heavy (non-hydrogen) atoms. The molecule has 0 saturated carbocycles. The van der Waals surface area contributed by atoms with Crippen LogP contribution in [-0.2, 0) is 11.3 Å². The molecule has 0 aromatic heterocycles. The highest BCUT2D eigenvalue weighted by molar-refractivity contribution is 6.30. The van der Waals surface area contributed by atoms with E-state index in [2.05, 4.69) is 10.1 Å². The molecule has 0 heterocycles. The van der Waals surface area contributed by atoms with Crippen LogP contribution >= 0.6 is 11.6 Å². The summed E-state index contributed by atoms with van der Waals surface area (Å²) < 4.78 is 34.0. The fourth-order valence-corrected chi connectivity index (χ4v) is 2.12. The lowest BCUT2D eigenvalue weighted by Gasteiger charge is -2.09. The van der Waals surface area contributed by atoms with Gasteiger partial charge in [-0.05, 0) is 35.9 Å². The lowest BCUT2D eigenvalue weighted by Crippen LogP contribution is -2.24. The second-order valence-corrected chi connectivity index (χ2v) is 5.29. The van der Waals surface area contributed by atoms with Gasteiger partial charge in [-0.2, -0.15) is 8.78 Å². The standard InChI is InChI=1S/C17H16ClF2NO3/c18-13-4-2-5-14(10-13)23-8-7-16(22)21-11-12-3-1-6-15(9-12)24-17(19)20/h1-6,9-10,17H,7-8,11H2,(H,21,22). The first-order valence-electron chi connectivity index (χ1n) is 7.22. The number of halogens is 3. The van der Waals surface area contributed by atoms with Gasteiger partial charge in [-0.15, -0.1) is 0 Å². The van der Waals surface area contributed by atoms with Crippen LogP contribution in [0.5, 0.6) is 11.5 Å². The molecule has 7 heteroatoms. The molecule has 1 N–H and O–H groups in total. The summed E-state index contributed by atoms with van der Waals surface area (Å²) in [5.41, 5.74) is 0.664. The minimum Gasteiger partial charge on any atom is -0.493 e. The predicted octanol–water partition coefficient (Wildman–Crippen LogP) is 4.03. The van der Waals surface area contributed by atoms with Crippen molar-refractivity contribution in [1.29, 1.82) is 0 Å². The third-order valence-electron chi connectivity index (χ3n) is 3.01. The topological polar surface area (TPSA) is 47.6 Å². The van der Waals surface area contributed by atoms with Crippen LogP contribution in [0.3, 0.4) is 0 Å². The van der Waals surface area contributed by atoms with E-state index in [4.69, 9.17) is 16.3 Å². The van der Waals surface area contributed by atoms with Gasteiger partial charge >= 0.3 is 6.61 Å². The summed E-state index contributed by atoms with van der Waals surface area (Å²) in [5.74, 6) is 0.436. The van der Waals surface area contributed by atoms with Crippen LogP contribution in [-0.4, -0.2) is 19.1 Å². The highest BCUT2D eigenvalue weighted by atomic mass is 35.5. The molecular formula is C17H16ClF2NO3. The molecular weight excluding hydrogens is 340 g/mol. The average Bonchev–Trinajstić information content (AvgIpc) is 2.53. The van der Waals surface area contributed by atoms with E-state index in [1.165, 1.54) is 12.1 Å². The average molecular weight is 356 g/mol. The molecule has 2 aromatic rings. The third kappa shape index (κ3) is 6.42. The first-order valence-corrected chi connectivity index (χ1v) is 7.59. The quantitative estimate of drug-likeness (QED) is 0.777. The number of hydrogen-bond acceptors (Lipinski definition) is 3. The minimum atomic E-state index is -2.88.